The fourth-order valence-electron chi connectivity index (χ4n) is 1.09. The second kappa shape index (κ2) is 5.13. The number of hydrogen-bond acceptors (Lipinski definition) is 5. The van der Waals surface area contributed by atoms with Gasteiger partial charge in [-0.2, -0.15) is 0 Å². The van der Waals surface area contributed by atoms with Crippen molar-refractivity contribution in [2.24, 2.45) is 5.73 Å². The Labute approximate surface area is 98.5 Å². The van der Waals surface area contributed by atoms with Crippen LogP contribution in [0.1, 0.15) is 0 Å². The van der Waals surface area contributed by atoms with Crippen LogP contribution in [0.25, 0.3) is 0 Å². The number of amides is 1. The van der Waals surface area contributed by atoms with Crippen molar-refractivity contribution in [2.45, 2.75) is 11.0 Å². The molecule has 0 aliphatic heterocycles. The molecular weight excluding hydrogens is 246 g/mol. The number of sulfonamides is 1. The summed E-state index contributed by atoms with van der Waals surface area (Å²) in [5.74, 6) is -1.01. The van der Waals surface area contributed by atoms with Crippen LogP contribution in [0.5, 0.6) is 0 Å². The van der Waals surface area contributed by atoms with E-state index in [-0.39, 0.29) is 10.6 Å². The molecule has 0 spiro atoms. The van der Waals surface area contributed by atoms with E-state index in [0.717, 1.165) is 0 Å². The smallest absolute Gasteiger partial charge is 0.247 e. The zero-order valence-corrected chi connectivity index (χ0v) is 9.65. The summed E-state index contributed by atoms with van der Waals surface area (Å²) in [7, 11) is -3.86. The average molecular weight is 259 g/mol. The van der Waals surface area contributed by atoms with E-state index in [9.17, 15) is 13.2 Å². The summed E-state index contributed by atoms with van der Waals surface area (Å²) in [6.07, 6.45) is -1.57. The first-order valence-electron chi connectivity index (χ1n) is 4.66. The minimum Gasteiger partial charge on any atom is -0.398 e. The first kappa shape index (κ1) is 13.4. The lowest BCUT2D eigenvalue weighted by Crippen LogP contribution is -2.40. The van der Waals surface area contributed by atoms with E-state index < -0.39 is 28.6 Å². The zero-order chi connectivity index (χ0) is 13.1. The summed E-state index contributed by atoms with van der Waals surface area (Å²) < 4.78 is 25.5. The molecule has 1 atom stereocenters. The van der Waals surface area contributed by atoms with Gasteiger partial charge in [-0.25, -0.2) is 13.1 Å². The number of nitrogens with one attached hydrogen (secondary N) is 1. The van der Waals surface area contributed by atoms with Crippen molar-refractivity contribution in [1.29, 1.82) is 0 Å². The summed E-state index contributed by atoms with van der Waals surface area (Å²) in [6, 6.07) is 5.84. The third-order valence-corrected chi connectivity index (χ3v) is 3.50. The maximum atomic E-state index is 11.7. The Morgan fingerprint density at radius 2 is 2.00 bits per heavy atom. The van der Waals surface area contributed by atoms with Crippen LogP contribution in [0, 0.1) is 0 Å². The molecule has 0 radical (unpaired) electrons. The van der Waals surface area contributed by atoms with Crippen LogP contribution in [-0.4, -0.2) is 32.1 Å². The van der Waals surface area contributed by atoms with Crippen molar-refractivity contribution >= 4 is 21.6 Å². The maximum absolute atomic E-state index is 11.7. The fourth-order valence-corrected chi connectivity index (χ4v) is 2.26. The lowest BCUT2D eigenvalue weighted by molar-refractivity contribution is -0.125. The minimum atomic E-state index is -3.86. The first-order chi connectivity index (χ1) is 7.84. The van der Waals surface area contributed by atoms with E-state index in [4.69, 9.17) is 16.6 Å². The number of carbonyl (C=O) groups is 1. The van der Waals surface area contributed by atoms with Crippen LogP contribution in [0.3, 0.4) is 0 Å². The van der Waals surface area contributed by atoms with Gasteiger partial charge in [-0.05, 0) is 12.1 Å². The SMILES string of the molecule is NC(=O)C(O)CNS(=O)(=O)c1ccccc1N. The Hall–Kier alpha value is -1.64. The molecule has 0 bridgehead atoms. The molecule has 0 saturated carbocycles. The summed E-state index contributed by atoms with van der Waals surface area (Å²) in [4.78, 5) is 10.4. The Bertz CT molecular complexity index is 515. The number of carbonyl (C=O) groups excluding carboxylic acids is 1. The lowest BCUT2D eigenvalue weighted by Gasteiger charge is -2.10. The molecule has 94 valence electrons. The van der Waals surface area contributed by atoms with Gasteiger partial charge in [-0.3, -0.25) is 4.79 Å². The van der Waals surface area contributed by atoms with Gasteiger partial charge in [0, 0.05) is 6.54 Å². The third-order valence-electron chi connectivity index (χ3n) is 2.00. The second-order valence-corrected chi connectivity index (χ2v) is 5.04. The summed E-state index contributed by atoms with van der Waals surface area (Å²) in [5, 5.41) is 9.07. The minimum absolute atomic E-state index is 0.0774. The average Bonchev–Trinajstić information content (AvgIpc) is 2.26. The summed E-state index contributed by atoms with van der Waals surface area (Å²) in [6.45, 7) is -0.494. The Balaban J connectivity index is 2.84. The molecule has 0 fully saturated rings. The van der Waals surface area contributed by atoms with Crippen molar-refractivity contribution < 1.29 is 18.3 Å². The number of para-hydroxylation sites is 1. The van der Waals surface area contributed by atoms with E-state index in [1.54, 1.807) is 6.07 Å². The highest BCUT2D eigenvalue weighted by Gasteiger charge is 2.19. The van der Waals surface area contributed by atoms with Crippen LogP contribution in [-0.2, 0) is 14.8 Å². The first-order valence-corrected chi connectivity index (χ1v) is 6.14. The van der Waals surface area contributed by atoms with Gasteiger partial charge >= 0.3 is 0 Å². The molecule has 0 aromatic heterocycles. The number of anilines is 1. The van der Waals surface area contributed by atoms with Gasteiger partial charge < -0.3 is 16.6 Å². The molecule has 7 nitrogen and oxygen atoms in total. The number of primary amides is 1. The Morgan fingerprint density at radius 3 is 2.53 bits per heavy atom. The van der Waals surface area contributed by atoms with Crippen molar-refractivity contribution in [1.82, 2.24) is 4.72 Å². The van der Waals surface area contributed by atoms with Crippen LogP contribution >= 0.6 is 0 Å². The number of nitrogens with two attached hydrogens (primary N) is 2. The molecule has 17 heavy (non-hydrogen) atoms. The summed E-state index contributed by atoms with van der Waals surface area (Å²) in [5.41, 5.74) is 10.4. The molecule has 0 saturated heterocycles. The normalized spacial score (nSPS) is 13.2. The quantitative estimate of drug-likeness (QED) is 0.472. The predicted octanol–water partition coefficient (Wildman–Crippen LogP) is -1.61. The van der Waals surface area contributed by atoms with E-state index in [1.165, 1.54) is 18.2 Å². The Kier molecular flexibility index (Phi) is 4.05. The topological polar surface area (TPSA) is 136 Å². The van der Waals surface area contributed by atoms with E-state index in [2.05, 4.69) is 0 Å². The number of benzene rings is 1. The second-order valence-electron chi connectivity index (χ2n) is 3.31. The number of aliphatic hydroxyl groups excluding tert-OH is 1. The lowest BCUT2D eigenvalue weighted by atomic mass is 10.3. The highest BCUT2D eigenvalue weighted by Crippen LogP contribution is 2.16. The van der Waals surface area contributed by atoms with Crippen LogP contribution in [0.15, 0.2) is 29.2 Å². The van der Waals surface area contributed by atoms with Gasteiger partial charge in [0.1, 0.15) is 11.0 Å². The number of rotatable bonds is 5. The largest absolute Gasteiger partial charge is 0.398 e. The van der Waals surface area contributed by atoms with Gasteiger partial charge in [0.2, 0.25) is 15.9 Å². The molecule has 6 N–H and O–H groups in total. The van der Waals surface area contributed by atoms with Crippen LogP contribution in [0.4, 0.5) is 5.69 Å². The van der Waals surface area contributed by atoms with Gasteiger partial charge in [-0.1, -0.05) is 12.1 Å². The van der Waals surface area contributed by atoms with Crippen LogP contribution < -0.4 is 16.2 Å². The molecule has 1 rings (SSSR count). The highest BCUT2D eigenvalue weighted by molar-refractivity contribution is 7.89. The maximum Gasteiger partial charge on any atom is 0.247 e. The molecule has 1 aromatic rings. The molecule has 0 aliphatic carbocycles. The van der Waals surface area contributed by atoms with E-state index in [1.807, 2.05) is 4.72 Å². The number of nitrogen functional groups attached to an aromatic ring is 1. The van der Waals surface area contributed by atoms with Gasteiger partial charge in [0.05, 0.1) is 5.69 Å². The molecule has 0 heterocycles. The van der Waals surface area contributed by atoms with E-state index in [0.29, 0.717) is 0 Å². The van der Waals surface area contributed by atoms with Crippen LogP contribution in [0.2, 0.25) is 0 Å². The van der Waals surface area contributed by atoms with Crippen molar-refractivity contribution in [2.75, 3.05) is 12.3 Å². The predicted molar refractivity (Wildman–Crippen MR) is 61.2 cm³/mol. The standard InChI is InChI=1S/C9H13N3O4S/c10-6-3-1-2-4-8(6)17(15,16)12-5-7(13)9(11)14/h1-4,7,12-13H,5,10H2,(H2,11,14). The Morgan fingerprint density at radius 1 is 1.41 bits per heavy atom. The molecular formula is C9H13N3O4S. The highest BCUT2D eigenvalue weighted by atomic mass is 32.2. The third kappa shape index (κ3) is 3.41. The molecule has 1 aromatic carbocycles. The molecule has 1 amide bonds. The molecule has 8 heteroatoms. The number of hydrogen-bond donors (Lipinski definition) is 4. The van der Waals surface area contributed by atoms with Crippen molar-refractivity contribution in [3.8, 4) is 0 Å². The van der Waals surface area contributed by atoms with Gasteiger partial charge in [0.25, 0.3) is 0 Å². The zero-order valence-electron chi connectivity index (χ0n) is 8.83. The van der Waals surface area contributed by atoms with Crippen molar-refractivity contribution in [3.63, 3.8) is 0 Å². The molecule has 1 unspecified atom stereocenters. The number of aliphatic hydroxyl groups is 1. The van der Waals surface area contributed by atoms with E-state index >= 15 is 0 Å². The monoisotopic (exact) mass is 259 g/mol. The van der Waals surface area contributed by atoms with Gasteiger partial charge in [0.15, 0.2) is 0 Å². The summed E-state index contributed by atoms with van der Waals surface area (Å²) >= 11 is 0. The fraction of sp³-hybridized carbons (Fsp3) is 0.222. The van der Waals surface area contributed by atoms with Gasteiger partial charge in [-0.15, -0.1) is 0 Å². The molecule has 0 aliphatic rings. The van der Waals surface area contributed by atoms with Crippen molar-refractivity contribution in [3.05, 3.63) is 24.3 Å².